The fourth-order valence-electron chi connectivity index (χ4n) is 1.30. The fraction of sp³-hybridized carbons (Fsp3) is 0.417. The molecule has 0 bridgehead atoms. The third-order valence-electron chi connectivity index (χ3n) is 2.89. The van der Waals surface area contributed by atoms with E-state index in [1.54, 1.807) is 45.0 Å². The van der Waals surface area contributed by atoms with Crippen LogP contribution in [0.25, 0.3) is 0 Å². The van der Waals surface area contributed by atoms with Crippen molar-refractivity contribution in [1.29, 1.82) is 5.26 Å². The predicted octanol–water partition coefficient (Wildman–Crippen LogP) is 3.10. The van der Waals surface area contributed by atoms with Crippen molar-refractivity contribution in [2.75, 3.05) is 0 Å². The second-order valence-electron chi connectivity index (χ2n) is 4.29. The van der Waals surface area contributed by atoms with Crippen molar-refractivity contribution in [3.63, 3.8) is 0 Å². The summed E-state index contributed by atoms with van der Waals surface area (Å²) in [6.45, 7) is 4.99. The topological polar surface area (TPSA) is 44.0 Å². The van der Waals surface area contributed by atoms with E-state index in [9.17, 15) is 5.11 Å². The summed E-state index contributed by atoms with van der Waals surface area (Å²) in [5.74, 6) is 0. The fourth-order valence-corrected chi connectivity index (χ4v) is 1.62. The summed E-state index contributed by atoms with van der Waals surface area (Å²) in [6, 6.07) is 9.13. The monoisotopic (exact) mass is 223 g/mol. The largest absolute Gasteiger partial charge is 0.384 e. The number of hydrogen-bond acceptors (Lipinski definition) is 2. The van der Waals surface area contributed by atoms with Crippen LogP contribution in [0.15, 0.2) is 24.3 Å². The van der Waals surface area contributed by atoms with Gasteiger partial charge in [-0.3, -0.25) is 0 Å². The normalized spacial score (nSPS) is 15.5. The summed E-state index contributed by atoms with van der Waals surface area (Å²) < 4.78 is 0. The van der Waals surface area contributed by atoms with Crippen LogP contribution in [0.3, 0.4) is 0 Å². The standard InChI is InChI=1S/C12H14ClNO/c1-11(2,8-14)12(3,15)9-6-4-5-7-10(9)13/h4-7,15H,1-3H3. The molecule has 0 aliphatic rings. The van der Waals surface area contributed by atoms with Gasteiger partial charge >= 0.3 is 0 Å². The molecule has 0 aliphatic heterocycles. The first kappa shape index (κ1) is 12.0. The van der Waals surface area contributed by atoms with E-state index in [4.69, 9.17) is 16.9 Å². The minimum absolute atomic E-state index is 0.478. The van der Waals surface area contributed by atoms with Gasteiger partial charge in [0.1, 0.15) is 5.60 Å². The van der Waals surface area contributed by atoms with E-state index >= 15 is 0 Å². The molecule has 0 saturated heterocycles. The van der Waals surface area contributed by atoms with Gasteiger partial charge in [0.2, 0.25) is 0 Å². The predicted molar refractivity (Wildman–Crippen MR) is 60.4 cm³/mol. The van der Waals surface area contributed by atoms with Crippen LogP contribution in [0, 0.1) is 16.7 Å². The van der Waals surface area contributed by atoms with Crippen LogP contribution in [-0.2, 0) is 5.60 Å². The molecule has 0 heterocycles. The molecule has 0 fully saturated rings. The lowest BCUT2D eigenvalue weighted by Gasteiger charge is -2.35. The molecule has 0 aliphatic carbocycles. The lowest BCUT2D eigenvalue weighted by Crippen LogP contribution is -2.38. The number of benzene rings is 1. The number of halogens is 1. The Hall–Kier alpha value is -1.04. The van der Waals surface area contributed by atoms with Crippen LogP contribution in [0.4, 0.5) is 0 Å². The van der Waals surface area contributed by atoms with E-state index in [0.29, 0.717) is 10.6 Å². The molecular formula is C12H14ClNO. The van der Waals surface area contributed by atoms with E-state index in [1.807, 2.05) is 0 Å². The van der Waals surface area contributed by atoms with Gasteiger partial charge in [-0.1, -0.05) is 29.8 Å². The Morgan fingerprint density at radius 2 is 1.80 bits per heavy atom. The van der Waals surface area contributed by atoms with Crippen molar-refractivity contribution >= 4 is 11.6 Å². The van der Waals surface area contributed by atoms with Crippen LogP contribution >= 0.6 is 11.6 Å². The molecule has 1 rings (SSSR count). The van der Waals surface area contributed by atoms with Crippen LogP contribution in [-0.4, -0.2) is 5.11 Å². The van der Waals surface area contributed by atoms with Gasteiger partial charge in [0.25, 0.3) is 0 Å². The molecule has 80 valence electrons. The van der Waals surface area contributed by atoms with E-state index < -0.39 is 11.0 Å². The SMILES string of the molecule is CC(C)(C#N)C(C)(O)c1ccccc1Cl. The van der Waals surface area contributed by atoms with Gasteiger partial charge in [-0.2, -0.15) is 5.26 Å². The lowest BCUT2D eigenvalue weighted by atomic mass is 9.73. The molecule has 3 heteroatoms. The van der Waals surface area contributed by atoms with E-state index in [0.717, 1.165) is 0 Å². The molecule has 1 atom stereocenters. The van der Waals surface area contributed by atoms with Crippen LogP contribution in [0.1, 0.15) is 26.3 Å². The molecule has 1 unspecified atom stereocenters. The third kappa shape index (κ3) is 1.99. The smallest absolute Gasteiger partial charge is 0.106 e. The minimum Gasteiger partial charge on any atom is -0.384 e. The van der Waals surface area contributed by atoms with Crippen molar-refractivity contribution in [3.8, 4) is 6.07 Å². The Labute approximate surface area is 95.1 Å². The summed E-state index contributed by atoms with van der Waals surface area (Å²) in [4.78, 5) is 0. The zero-order chi connectivity index (χ0) is 11.7. The summed E-state index contributed by atoms with van der Waals surface area (Å²) in [5, 5.41) is 19.9. The number of rotatable bonds is 2. The van der Waals surface area contributed by atoms with Gasteiger partial charge in [-0.15, -0.1) is 0 Å². The molecule has 1 aromatic carbocycles. The highest BCUT2D eigenvalue weighted by molar-refractivity contribution is 6.31. The first-order valence-corrected chi connectivity index (χ1v) is 5.09. The second-order valence-corrected chi connectivity index (χ2v) is 4.70. The summed E-state index contributed by atoms with van der Waals surface area (Å²) in [5.41, 5.74) is -1.57. The molecule has 0 spiro atoms. The second kappa shape index (κ2) is 3.84. The first-order chi connectivity index (χ1) is 6.83. The summed E-state index contributed by atoms with van der Waals surface area (Å²) in [7, 11) is 0. The van der Waals surface area contributed by atoms with Crippen LogP contribution < -0.4 is 0 Å². The highest BCUT2D eigenvalue weighted by Gasteiger charge is 2.42. The Bertz CT molecular complexity index is 404. The molecule has 15 heavy (non-hydrogen) atoms. The number of hydrogen-bond donors (Lipinski definition) is 1. The average Bonchev–Trinajstić information content (AvgIpc) is 2.18. The van der Waals surface area contributed by atoms with Gasteiger partial charge in [0.15, 0.2) is 0 Å². The van der Waals surface area contributed by atoms with Crippen molar-refractivity contribution in [2.45, 2.75) is 26.4 Å². The molecule has 0 aromatic heterocycles. The average molecular weight is 224 g/mol. The van der Waals surface area contributed by atoms with E-state index in [1.165, 1.54) is 0 Å². The number of nitriles is 1. The van der Waals surface area contributed by atoms with Gasteiger partial charge in [0, 0.05) is 10.6 Å². The quantitative estimate of drug-likeness (QED) is 0.838. The molecule has 0 radical (unpaired) electrons. The Morgan fingerprint density at radius 3 is 2.27 bits per heavy atom. The van der Waals surface area contributed by atoms with Gasteiger partial charge in [0.05, 0.1) is 11.5 Å². The maximum Gasteiger partial charge on any atom is 0.106 e. The van der Waals surface area contributed by atoms with Gasteiger partial charge in [-0.25, -0.2) is 0 Å². The molecule has 0 amide bonds. The maximum absolute atomic E-state index is 10.4. The lowest BCUT2D eigenvalue weighted by molar-refractivity contribution is -0.0266. The van der Waals surface area contributed by atoms with Crippen LogP contribution in [0.2, 0.25) is 5.02 Å². The summed E-state index contributed by atoms with van der Waals surface area (Å²) in [6.07, 6.45) is 0. The van der Waals surface area contributed by atoms with Crippen LogP contribution in [0.5, 0.6) is 0 Å². The Balaban J connectivity index is 3.30. The van der Waals surface area contributed by atoms with Crippen molar-refractivity contribution < 1.29 is 5.11 Å². The maximum atomic E-state index is 10.4. The zero-order valence-corrected chi connectivity index (χ0v) is 9.84. The third-order valence-corrected chi connectivity index (χ3v) is 3.22. The molecule has 2 nitrogen and oxygen atoms in total. The summed E-state index contributed by atoms with van der Waals surface area (Å²) >= 11 is 6.00. The Kier molecular flexibility index (Phi) is 3.08. The van der Waals surface area contributed by atoms with Crippen molar-refractivity contribution in [2.24, 2.45) is 5.41 Å². The molecule has 1 N–H and O–H groups in total. The highest BCUT2D eigenvalue weighted by Crippen LogP contribution is 2.41. The molecule has 1 aromatic rings. The van der Waals surface area contributed by atoms with E-state index in [2.05, 4.69) is 6.07 Å². The van der Waals surface area contributed by atoms with Gasteiger partial charge in [-0.05, 0) is 26.8 Å². The zero-order valence-electron chi connectivity index (χ0n) is 9.08. The van der Waals surface area contributed by atoms with Crippen molar-refractivity contribution in [1.82, 2.24) is 0 Å². The molecular weight excluding hydrogens is 210 g/mol. The van der Waals surface area contributed by atoms with E-state index in [-0.39, 0.29) is 0 Å². The van der Waals surface area contributed by atoms with Crippen molar-refractivity contribution in [3.05, 3.63) is 34.9 Å². The minimum atomic E-state index is -1.26. The number of aliphatic hydroxyl groups is 1. The first-order valence-electron chi connectivity index (χ1n) is 4.71. The number of nitrogens with zero attached hydrogens (tertiary/aromatic N) is 1. The Morgan fingerprint density at radius 1 is 1.27 bits per heavy atom. The molecule has 0 saturated carbocycles. The van der Waals surface area contributed by atoms with Gasteiger partial charge < -0.3 is 5.11 Å². The highest BCUT2D eigenvalue weighted by atomic mass is 35.5.